The van der Waals surface area contributed by atoms with E-state index in [0.717, 1.165) is 0 Å². The maximum atomic E-state index is 12.7. The lowest BCUT2D eigenvalue weighted by Crippen LogP contribution is -2.54. The Hall–Kier alpha value is -3.33. The number of para-hydroxylation sites is 1. The van der Waals surface area contributed by atoms with Gasteiger partial charge in [-0.1, -0.05) is 30.3 Å². The molecule has 1 N–H and O–H groups in total. The van der Waals surface area contributed by atoms with Gasteiger partial charge in [-0.2, -0.15) is 5.26 Å². The van der Waals surface area contributed by atoms with Crippen molar-refractivity contribution in [3.8, 4) is 11.8 Å². The van der Waals surface area contributed by atoms with Gasteiger partial charge >= 0.3 is 5.97 Å². The standard InChI is InChI=1S/C20H18N2O4/c21-14-15-6-4-5-9-17(15)18(23)22-12-10-20(11-13-22,19(24)25)26-16-7-2-1-3-8-16/h1-9H,10-13H2,(H,24,25). The van der Waals surface area contributed by atoms with Gasteiger partial charge in [0.1, 0.15) is 5.75 Å². The van der Waals surface area contributed by atoms with Crippen molar-refractivity contribution in [2.45, 2.75) is 18.4 Å². The molecule has 1 aliphatic heterocycles. The number of hydrogen-bond donors (Lipinski definition) is 1. The summed E-state index contributed by atoms with van der Waals surface area (Å²) < 4.78 is 5.79. The van der Waals surface area contributed by atoms with Gasteiger partial charge in [-0.3, -0.25) is 4.79 Å². The van der Waals surface area contributed by atoms with Crippen molar-refractivity contribution in [2.24, 2.45) is 0 Å². The summed E-state index contributed by atoms with van der Waals surface area (Å²) in [5, 5.41) is 18.9. The normalized spacial score (nSPS) is 15.7. The Kier molecular flexibility index (Phi) is 4.90. The Balaban J connectivity index is 1.75. The van der Waals surface area contributed by atoms with Crippen molar-refractivity contribution in [1.82, 2.24) is 4.90 Å². The van der Waals surface area contributed by atoms with Crippen LogP contribution in [0.1, 0.15) is 28.8 Å². The fourth-order valence-electron chi connectivity index (χ4n) is 3.08. The van der Waals surface area contributed by atoms with Crippen molar-refractivity contribution in [2.75, 3.05) is 13.1 Å². The second-order valence-electron chi connectivity index (χ2n) is 6.16. The molecule has 0 aliphatic carbocycles. The molecule has 0 saturated carbocycles. The molecular formula is C20H18N2O4. The number of benzene rings is 2. The minimum absolute atomic E-state index is 0.178. The summed E-state index contributed by atoms with van der Waals surface area (Å²) in [6.07, 6.45) is 0.357. The number of nitriles is 1. The number of carboxylic acids is 1. The number of amides is 1. The van der Waals surface area contributed by atoms with Crippen LogP contribution in [-0.4, -0.2) is 40.6 Å². The van der Waals surface area contributed by atoms with Crippen LogP contribution in [-0.2, 0) is 4.79 Å². The van der Waals surface area contributed by atoms with E-state index >= 15 is 0 Å². The molecule has 0 spiro atoms. The summed E-state index contributed by atoms with van der Waals surface area (Å²) in [5.41, 5.74) is -0.706. The smallest absolute Gasteiger partial charge is 0.348 e. The quantitative estimate of drug-likeness (QED) is 0.915. The van der Waals surface area contributed by atoms with Crippen molar-refractivity contribution in [1.29, 1.82) is 5.26 Å². The van der Waals surface area contributed by atoms with Gasteiger partial charge in [-0.25, -0.2) is 4.79 Å². The number of likely N-dealkylation sites (tertiary alicyclic amines) is 1. The molecule has 1 aliphatic rings. The van der Waals surface area contributed by atoms with Gasteiger partial charge in [0, 0.05) is 25.9 Å². The van der Waals surface area contributed by atoms with Crippen LogP contribution in [0.2, 0.25) is 0 Å². The van der Waals surface area contributed by atoms with E-state index in [0.29, 0.717) is 16.9 Å². The van der Waals surface area contributed by atoms with Crippen LogP contribution >= 0.6 is 0 Å². The first-order valence-electron chi connectivity index (χ1n) is 8.31. The highest BCUT2D eigenvalue weighted by Gasteiger charge is 2.45. The van der Waals surface area contributed by atoms with E-state index in [1.807, 2.05) is 12.1 Å². The number of carbonyl (C=O) groups is 2. The van der Waals surface area contributed by atoms with Gasteiger partial charge in [0.2, 0.25) is 5.60 Å². The fraction of sp³-hybridized carbons (Fsp3) is 0.250. The molecule has 0 aromatic heterocycles. The van der Waals surface area contributed by atoms with Gasteiger partial charge in [-0.05, 0) is 24.3 Å². The SMILES string of the molecule is N#Cc1ccccc1C(=O)N1CCC(Oc2ccccc2)(C(=O)O)CC1. The third-order valence-corrected chi connectivity index (χ3v) is 4.58. The number of carboxylic acid groups (broad SMARTS) is 1. The van der Waals surface area contributed by atoms with E-state index in [1.54, 1.807) is 53.4 Å². The summed E-state index contributed by atoms with van der Waals surface area (Å²) in [6.45, 7) is 0.495. The predicted molar refractivity (Wildman–Crippen MR) is 93.7 cm³/mol. The van der Waals surface area contributed by atoms with Gasteiger partial charge in [0.05, 0.1) is 17.2 Å². The summed E-state index contributed by atoms with van der Waals surface area (Å²) in [6, 6.07) is 17.4. The molecule has 0 atom stereocenters. The Morgan fingerprint density at radius 1 is 1.04 bits per heavy atom. The van der Waals surface area contributed by atoms with E-state index in [1.165, 1.54) is 0 Å². The molecule has 0 bridgehead atoms. The molecule has 1 amide bonds. The molecule has 132 valence electrons. The number of nitrogens with zero attached hydrogens (tertiary/aromatic N) is 2. The average molecular weight is 350 g/mol. The lowest BCUT2D eigenvalue weighted by Gasteiger charge is -2.39. The maximum Gasteiger partial charge on any atom is 0.348 e. The van der Waals surface area contributed by atoms with E-state index in [9.17, 15) is 14.7 Å². The van der Waals surface area contributed by atoms with Crippen LogP contribution in [0, 0.1) is 11.3 Å². The molecule has 6 nitrogen and oxygen atoms in total. The molecule has 0 unspecified atom stereocenters. The molecule has 0 radical (unpaired) electrons. The molecule has 1 fully saturated rings. The van der Waals surface area contributed by atoms with Gasteiger partial charge in [0.15, 0.2) is 0 Å². The Labute approximate surface area is 151 Å². The molecule has 1 heterocycles. The lowest BCUT2D eigenvalue weighted by atomic mass is 9.90. The van der Waals surface area contributed by atoms with Crippen molar-refractivity contribution in [3.63, 3.8) is 0 Å². The Morgan fingerprint density at radius 2 is 1.65 bits per heavy atom. The molecule has 2 aromatic carbocycles. The second-order valence-corrected chi connectivity index (χ2v) is 6.16. The zero-order chi connectivity index (χ0) is 18.6. The summed E-state index contributed by atoms with van der Waals surface area (Å²) >= 11 is 0. The van der Waals surface area contributed by atoms with Crippen LogP contribution in [0.25, 0.3) is 0 Å². The Morgan fingerprint density at radius 3 is 2.27 bits per heavy atom. The summed E-state index contributed by atoms with van der Waals surface area (Å²) in [7, 11) is 0. The summed E-state index contributed by atoms with van der Waals surface area (Å²) in [5.74, 6) is -0.809. The highest BCUT2D eigenvalue weighted by Crippen LogP contribution is 2.30. The third-order valence-electron chi connectivity index (χ3n) is 4.58. The largest absolute Gasteiger partial charge is 0.478 e. The molecule has 3 rings (SSSR count). The fourth-order valence-corrected chi connectivity index (χ4v) is 3.08. The number of hydrogen-bond acceptors (Lipinski definition) is 4. The number of piperidine rings is 1. The maximum absolute atomic E-state index is 12.7. The number of rotatable bonds is 4. The molecule has 26 heavy (non-hydrogen) atoms. The van der Waals surface area contributed by atoms with Crippen molar-refractivity contribution >= 4 is 11.9 Å². The van der Waals surface area contributed by atoms with E-state index < -0.39 is 11.6 Å². The molecule has 6 heteroatoms. The first-order chi connectivity index (χ1) is 12.6. The first kappa shape index (κ1) is 17.5. The second kappa shape index (κ2) is 7.28. The molecule has 1 saturated heterocycles. The van der Waals surface area contributed by atoms with Crippen molar-refractivity contribution < 1.29 is 19.4 Å². The highest BCUT2D eigenvalue weighted by molar-refractivity contribution is 5.96. The van der Waals surface area contributed by atoms with Crippen molar-refractivity contribution in [3.05, 3.63) is 65.7 Å². The topological polar surface area (TPSA) is 90.6 Å². The average Bonchev–Trinajstić information content (AvgIpc) is 2.68. The van der Waals surface area contributed by atoms with Gasteiger partial charge in [0.25, 0.3) is 5.91 Å². The van der Waals surface area contributed by atoms with E-state index in [-0.39, 0.29) is 31.8 Å². The van der Waals surface area contributed by atoms with Crippen LogP contribution in [0.5, 0.6) is 5.75 Å². The first-order valence-corrected chi connectivity index (χ1v) is 8.31. The minimum atomic E-state index is -1.35. The van der Waals surface area contributed by atoms with Crippen LogP contribution in [0.4, 0.5) is 0 Å². The number of carbonyl (C=O) groups excluding carboxylic acids is 1. The minimum Gasteiger partial charge on any atom is -0.478 e. The van der Waals surface area contributed by atoms with E-state index in [2.05, 4.69) is 0 Å². The monoisotopic (exact) mass is 350 g/mol. The third kappa shape index (κ3) is 3.38. The van der Waals surface area contributed by atoms with Crippen LogP contribution in [0.3, 0.4) is 0 Å². The molecule has 2 aromatic rings. The van der Waals surface area contributed by atoms with Gasteiger partial charge in [-0.15, -0.1) is 0 Å². The molecular weight excluding hydrogens is 332 g/mol. The highest BCUT2D eigenvalue weighted by atomic mass is 16.5. The number of ether oxygens (including phenoxy) is 1. The summed E-state index contributed by atoms with van der Waals surface area (Å²) in [4.78, 5) is 26.1. The van der Waals surface area contributed by atoms with Crippen LogP contribution < -0.4 is 4.74 Å². The Bertz CT molecular complexity index is 850. The number of aliphatic carboxylic acids is 1. The van der Waals surface area contributed by atoms with E-state index in [4.69, 9.17) is 10.00 Å². The van der Waals surface area contributed by atoms with Gasteiger partial charge < -0.3 is 14.7 Å². The van der Waals surface area contributed by atoms with Crippen LogP contribution in [0.15, 0.2) is 54.6 Å². The zero-order valence-corrected chi connectivity index (χ0v) is 14.1. The zero-order valence-electron chi connectivity index (χ0n) is 14.1. The predicted octanol–water partition coefficient (Wildman–Crippen LogP) is 2.70. The lowest BCUT2D eigenvalue weighted by molar-refractivity contribution is -0.159.